The van der Waals surface area contributed by atoms with E-state index in [9.17, 15) is 5.11 Å². The topological polar surface area (TPSA) is 114 Å². The third-order valence-electron chi connectivity index (χ3n) is 4.35. The van der Waals surface area contributed by atoms with Crippen LogP contribution in [-0.2, 0) is 0 Å². The molecule has 7 nitrogen and oxygen atoms in total. The van der Waals surface area contributed by atoms with Gasteiger partial charge in [0.1, 0.15) is 27.9 Å². The summed E-state index contributed by atoms with van der Waals surface area (Å²) in [6.07, 6.45) is 0. The molecular weight excluding hydrogens is 434 g/mol. The van der Waals surface area contributed by atoms with Gasteiger partial charge in [0.15, 0.2) is 0 Å². The Hall–Kier alpha value is -3.28. The van der Waals surface area contributed by atoms with Crippen LogP contribution in [0.1, 0.15) is 36.1 Å². The number of aromatic nitrogens is 1. The average Bonchev–Trinajstić information content (AvgIpc) is 3.05. The number of ether oxygens (including phenoxy) is 1. The van der Waals surface area contributed by atoms with E-state index in [-0.39, 0.29) is 17.8 Å². The van der Waals surface area contributed by atoms with Crippen molar-refractivity contribution in [3.8, 4) is 23.4 Å². The van der Waals surface area contributed by atoms with Crippen LogP contribution in [0.2, 0.25) is 5.02 Å². The third kappa shape index (κ3) is 5.08. The number of hydrogen-bond acceptors (Lipinski definition) is 7. The van der Waals surface area contributed by atoms with Crippen LogP contribution in [0.4, 0.5) is 10.7 Å². The van der Waals surface area contributed by atoms with Crippen molar-refractivity contribution in [2.75, 3.05) is 5.32 Å². The predicted octanol–water partition coefficient (Wildman–Crippen LogP) is 5.85. The number of aromatic hydroxyl groups is 1. The zero-order valence-electron chi connectivity index (χ0n) is 17.5. The second-order valence-electron chi connectivity index (χ2n) is 7.31. The summed E-state index contributed by atoms with van der Waals surface area (Å²) in [5, 5.41) is 34.4. The number of nitrogens with one attached hydrogen (secondary N) is 3. The fourth-order valence-electron chi connectivity index (χ4n) is 3.03. The molecule has 0 aliphatic rings. The maximum Gasteiger partial charge on any atom is 0.236 e. The van der Waals surface area contributed by atoms with E-state index in [1.165, 1.54) is 0 Å². The molecule has 0 atom stereocenters. The Kier molecular flexibility index (Phi) is 6.68. The summed E-state index contributed by atoms with van der Waals surface area (Å²) in [5.74, 6) is 1.01. The predicted molar refractivity (Wildman–Crippen MR) is 124 cm³/mol. The van der Waals surface area contributed by atoms with Crippen molar-refractivity contribution >= 4 is 39.7 Å². The second kappa shape index (κ2) is 9.25. The van der Waals surface area contributed by atoms with Gasteiger partial charge in [-0.2, -0.15) is 9.64 Å². The van der Waals surface area contributed by atoms with Gasteiger partial charge in [-0.1, -0.05) is 11.6 Å². The average molecular weight is 456 g/mol. The first-order valence-electron chi connectivity index (χ1n) is 9.49. The molecule has 3 aromatic rings. The molecule has 0 spiro atoms. The number of amidine groups is 1. The lowest BCUT2D eigenvalue weighted by Crippen LogP contribution is -2.30. The summed E-state index contributed by atoms with van der Waals surface area (Å²) in [6.45, 7) is 7.58. The summed E-state index contributed by atoms with van der Waals surface area (Å²) in [7, 11) is 0. The minimum atomic E-state index is -0.205. The second-order valence-corrected chi connectivity index (χ2v) is 8.49. The summed E-state index contributed by atoms with van der Waals surface area (Å²) in [5.41, 5.74) is 3.23. The van der Waals surface area contributed by atoms with E-state index >= 15 is 0 Å². The molecule has 0 unspecified atom stereocenters. The normalized spacial score (nSPS) is 10.6. The zero-order chi connectivity index (χ0) is 22.7. The van der Waals surface area contributed by atoms with E-state index in [2.05, 4.69) is 21.1 Å². The van der Waals surface area contributed by atoms with Crippen LogP contribution in [0.25, 0.3) is 0 Å². The zero-order valence-corrected chi connectivity index (χ0v) is 19.1. The number of rotatable bonds is 6. The highest BCUT2D eigenvalue weighted by Gasteiger charge is 2.19. The molecule has 0 aliphatic carbocycles. The van der Waals surface area contributed by atoms with Gasteiger partial charge in [0, 0.05) is 11.7 Å². The number of nitriles is 1. The van der Waals surface area contributed by atoms with E-state index in [1.54, 1.807) is 30.3 Å². The third-order valence-corrected chi connectivity index (χ3v) is 5.40. The Bertz CT molecular complexity index is 1160. The molecule has 3 rings (SSSR count). The summed E-state index contributed by atoms with van der Waals surface area (Å²) in [6, 6.07) is 10.9. The smallest absolute Gasteiger partial charge is 0.236 e. The first-order chi connectivity index (χ1) is 14.7. The summed E-state index contributed by atoms with van der Waals surface area (Å²) in [4.78, 5) is 0. The van der Waals surface area contributed by atoms with Crippen LogP contribution < -0.4 is 15.4 Å². The minimum absolute atomic E-state index is 0.0414. The number of hydrogen-bond donors (Lipinski definition) is 4. The number of benzene rings is 2. The van der Waals surface area contributed by atoms with Crippen LogP contribution >= 0.6 is 23.1 Å². The van der Waals surface area contributed by atoms with Crippen molar-refractivity contribution in [3.05, 3.63) is 57.6 Å². The van der Waals surface area contributed by atoms with Crippen LogP contribution in [0.15, 0.2) is 30.3 Å². The molecule has 0 saturated heterocycles. The van der Waals surface area contributed by atoms with Crippen molar-refractivity contribution in [1.29, 1.82) is 10.7 Å². The maximum atomic E-state index is 10.1. The summed E-state index contributed by atoms with van der Waals surface area (Å²) >= 11 is 7.51. The Morgan fingerprint density at radius 1 is 1.26 bits per heavy atom. The lowest BCUT2D eigenvalue weighted by Gasteiger charge is -2.15. The largest absolute Gasteiger partial charge is 0.492 e. The molecule has 0 bridgehead atoms. The van der Waals surface area contributed by atoms with Crippen LogP contribution in [0.3, 0.4) is 0 Å². The van der Waals surface area contributed by atoms with Gasteiger partial charge >= 0.3 is 0 Å². The summed E-state index contributed by atoms with van der Waals surface area (Å²) < 4.78 is 9.97. The Morgan fingerprint density at radius 2 is 1.94 bits per heavy atom. The van der Waals surface area contributed by atoms with E-state index < -0.39 is 0 Å². The Balaban J connectivity index is 1.83. The van der Waals surface area contributed by atoms with Crippen LogP contribution in [0, 0.1) is 30.6 Å². The van der Waals surface area contributed by atoms with Gasteiger partial charge in [0.25, 0.3) is 0 Å². The Morgan fingerprint density at radius 3 is 2.52 bits per heavy atom. The molecule has 1 heterocycles. The quantitative estimate of drug-likeness (QED) is 0.274. The highest BCUT2D eigenvalue weighted by molar-refractivity contribution is 7.11. The minimum Gasteiger partial charge on any atom is -0.492 e. The van der Waals surface area contributed by atoms with Gasteiger partial charge in [-0.25, -0.2) is 0 Å². The molecule has 31 heavy (non-hydrogen) atoms. The first kappa shape index (κ1) is 22.4. The van der Waals surface area contributed by atoms with Crippen LogP contribution in [0.5, 0.6) is 17.4 Å². The SMILES string of the molecule is Cc1cc(C#N)cc(C)c1Oc1ccc(Nc2snc(O)c2C(=N)NC(C)C)cc1Cl. The van der Waals surface area contributed by atoms with Crippen LogP contribution in [-0.4, -0.2) is 21.4 Å². The number of halogens is 1. The van der Waals surface area contributed by atoms with Gasteiger partial charge in [0.2, 0.25) is 5.88 Å². The van der Waals surface area contributed by atoms with Crippen molar-refractivity contribution in [1.82, 2.24) is 9.69 Å². The molecule has 0 fully saturated rings. The molecule has 9 heteroatoms. The van der Waals surface area contributed by atoms with E-state index in [4.69, 9.17) is 27.0 Å². The molecule has 0 radical (unpaired) electrons. The molecule has 4 N–H and O–H groups in total. The molecular formula is C22H22ClN5O2S. The van der Waals surface area contributed by atoms with Gasteiger partial charge in [-0.3, -0.25) is 5.41 Å². The van der Waals surface area contributed by atoms with Gasteiger partial charge in [0.05, 0.1) is 16.7 Å². The molecule has 2 aromatic carbocycles. The number of anilines is 2. The fraction of sp³-hybridized carbons (Fsp3) is 0.227. The standard InChI is InChI=1S/C22H22ClN5O2S/c1-11(2)26-20(25)18-21(29)28-31-22(18)27-15-5-6-17(16(23)9-15)30-19-12(3)7-14(10-24)8-13(19)4/h5-9,11,27H,1-4H3,(H2,25,26)(H,28,29). The van der Waals surface area contributed by atoms with Gasteiger partial charge < -0.3 is 20.5 Å². The molecule has 0 saturated carbocycles. The highest BCUT2D eigenvalue weighted by Crippen LogP contribution is 2.37. The van der Waals surface area contributed by atoms with Gasteiger partial charge in [-0.15, -0.1) is 0 Å². The molecule has 1 aromatic heterocycles. The van der Waals surface area contributed by atoms with Crippen molar-refractivity contribution in [2.45, 2.75) is 33.7 Å². The number of aryl methyl sites for hydroxylation is 2. The molecule has 0 aliphatic heterocycles. The molecule has 160 valence electrons. The van der Waals surface area contributed by atoms with E-state index in [1.807, 2.05) is 27.7 Å². The van der Waals surface area contributed by atoms with E-state index in [0.29, 0.717) is 38.3 Å². The number of nitrogens with zero attached hydrogens (tertiary/aromatic N) is 2. The Labute approximate surface area is 189 Å². The van der Waals surface area contributed by atoms with E-state index in [0.717, 1.165) is 22.7 Å². The van der Waals surface area contributed by atoms with Gasteiger partial charge in [-0.05, 0) is 80.7 Å². The van der Waals surface area contributed by atoms with Crippen molar-refractivity contribution < 1.29 is 9.84 Å². The van der Waals surface area contributed by atoms with Crippen molar-refractivity contribution in [3.63, 3.8) is 0 Å². The molecule has 0 amide bonds. The monoisotopic (exact) mass is 455 g/mol. The lowest BCUT2D eigenvalue weighted by molar-refractivity contribution is 0.458. The fourth-order valence-corrected chi connectivity index (χ4v) is 3.97. The highest BCUT2D eigenvalue weighted by atomic mass is 35.5. The maximum absolute atomic E-state index is 10.1. The lowest BCUT2D eigenvalue weighted by atomic mass is 10.1. The van der Waals surface area contributed by atoms with Crippen molar-refractivity contribution in [2.24, 2.45) is 0 Å². The first-order valence-corrected chi connectivity index (χ1v) is 10.6.